The molecule has 22 heavy (non-hydrogen) atoms. The molecule has 1 heterocycles. The smallest absolute Gasteiger partial charge is 0.227 e. The summed E-state index contributed by atoms with van der Waals surface area (Å²) in [6.45, 7) is 0.813. The van der Waals surface area contributed by atoms with Crippen LogP contribution in [0.5, 0.6) is 0 Å². The van der Waals surface area contributed by atoms with Crippen molar-refractivity contribution in [3.63, 3.8) is 0 Å². The van der Waals surface area contributed by atoms with Crippen LogP contribution in [0.1, 0.15) is 25.7 Å². The molecule has 5 heteroatoms. The normalized spacial score (nSPS) is 21.8. The number of nitrogens with two attached hydrogens (primary N) is 1. The van der Waals surface area contributed by atoms with E-state index in [0.717, 1.165) is 42.1 Å². The molecule has 1 aromatic heterocycles. The van der Waals surface area contributed by atoms with Gasteiger partial charge in [0.25, 0.3) is 0 Å². The van der Waals surface area contributed by atoms with Crippen LogP contribution >= 0.6 is 0 Å². The molecule has 0 atom stereocenters. The molecule has 5 nitrogen and oxygen atoms in total. The Morgan fingerprint density at radius 1 is 1.14 bits per heavy atom. The molecule has 0 aliphatic heterocycles. The summed E-state index contributed by atoms with van der Waals surface area (Å²) in [6.07, 6.45) is 4.74. The third kappa shape index (κ3) is 3.14. The Balaban J connectivity index is 1.86. The molecule has 1 aliphatic rings. The van der Waals surface area contributed by atoms with Crippen molar-refractivity contribution in [1.82, 2.24) is 9.97 Å². The molecule has 1 aromatic carbocycles. The molecular weight excluding hydrogens is 274 g/mol. The van der Waals surface area contributed by atoms with Crippen molar-refractivity contribution in [2.45, 2.75) is 31.7 Å². The van der Waals surface area contributed by atoms with E-state index in [1.165, 1.54) is 12.8 Å². The van der Waals surface area contributed by atoms with Gasteiger partial charge in [0.1, 0.15) is 5.82 Å². The summed E-state index contributed by atoms with van der Waals surface area (Å²) in [5.74, 6) is 2.39. The van der Waals surface area contributed by atoms with Crippen LogP contribution < -0.4 is 16.0 Å². The van der Waals surface area contributed by atoms with E-state index in [1.807, 2.05) is 37.2 Å². The maximum Gasteiger partial charge on any atom is 0.227 e. The van der Waals surface area contributed by atoms with Crippen LogP contribution in [0.15, 0.2) is 24.3 Å². The molecule has 0 unspecified atom stereocenters. The lowest BCUT2D eigenvalue weighted by Crippen LogP contribution is -2.29. The minimum Gasteiger partial charge on any atom is -0.367 e. The van der Waals surface area contributed by atoms with Gasteiger partial charge in [0.05, 0.1) is 5.52 Å². The fourth-order valence-corrected chi connectivity index (χ4v) is 3.11. The Bertz CT molecular complexity index is 632. The van der Waals surface area contributed by atoms with E-state index in [9.17, 15) is 0 Å². The van der Waals surface area contributed by atoms with Crippen molar-refractivity contribution in [2.24, 2.45) is 11.7 Å². The molecule has 2 aromatic rings. The molecule has 0 amide bonds. The molecule has 3 N–H and O–H groups in total. The fraction of sp³-hybridized carbons (Fsp3) is 0.529. The lowest BCUT2D eigenvalue weighted by atomic mass is 9.86. The summed E-state index contributed by atoms with van der Waals surface area (Å²) in [5, 5.41) is 4.74. The maximum absolute atomic E-state index is 5.78. The Morgan fingerprint density at radius 2 is 1.86 bits per heavy atom. The van der Waals surface area contributed by atoms with E-state index in [0.29, 0.717) is 12.0 Å². The molecule has 3 rings (SSSR count). The first-order valence-corrected chi connectivity index (χ1v) is 8.08. The van der Waals surface area contributed by atoms with E-state index in [-0.39, 0.29) is 0 Å². The van der Waals surface area contributed by atoms with Crippen LogP contribution in [0.2, 0.25) is 0 Å². The molecule has 0 saturated heterocycles. The first kappa shape index (κ1) is 15.0. The van der Waals surface area contributed by atoms with Gasteiger partial charge in [-0.3, -0.25) is 0 Å². The minimum atomic E-state index is 0.483. The molecule has 0 spiro atoms. The van der Waals surface area contributed by atoms with Crippen LogP contribution in [0.4, 0.5) is 11.8 Å². The van der Waals surface area contributed by atoms with Crippen LogP contribution in [-0.4, -0.2) is 36.6 Å². The number of hydrogen-bond acceptors (Lipinski definition) is 5. The van der Waals surface area contributed by atoms with Crippen molar-refractivity contribution >= 4 is 22.7 Å². The van der Waals surface area contributed by atoms with Crippen molar-refractivity contribution in [3.05, 3.63) is 24.3 Å². The van der Waals surface area contributed by atoms with Gasteiger partial charge in [-0.1, -0.05) is 12.1 Å². The highest BCUT2D eigenvalue weighted by Gasteiger charge is 2.21. The van der Waals surface area contributed by atoms with Gasteiger partial charge >= 0.3 is 0 Å². The van der Waals surface area contributed by atoms with E-state index in [1.54, 1.807) is 0 Å². The molecule has 0 bridgehead atoms. The largest absolute Gasteiger partial charge is 0.367 e. The Labute approximate surface area is 131 Å². The van der Waals surface area contributed by atoms with Gasteiger partial charge in [-0.2, -0.15) is 4.98 Å². The standard InChI is InChI=1S/C17H25N5/c1-22(2)17-20-15-6-4-3-5-14(15)16(21-17)19-13-9-7-12(11-18)8-10-13/h3-6,12-13H,7-11,18H2,1-2H3,(H,19,20,21). The third-order valence-corrected chi connectivity index (χ3v) is 4.51. The zero-order valence-electron chi connectivity index (χ0n) is 13.4. The monoisotopic (exact) mass is 299 g/mol. The molecule has 1 saturated carbocycles. The lowest BCUT2D eigenvalue weighted by molar-refractivity contribution is 0.344. The molecule has 0 radical (unpaired) electrons. The van der Waals surface area contributed by atoms with Gasteiger partial charge < -0.3 is 16.0 Å². The summed E-state index contributed by atoms with van der Waals surface area (Å²) in [5.41, 5.74) is 6.77. The van der Waals surface area contributed by atoms with Crippen molar-refractivity contribution < 1.29 is 0 Å². The number of para-hydroxylation sites is 1. The number of anilines is 2. The summed E-state index contributed by atoms with van der Waals surface area (Å²) in [4.78, 5) is 11.3. The fourth-order valence-electron chi connectivity index (χ4n) is 3.11. The second-order valence-electron chi connectivity index (χ2n) is 6.38. The highest BCUT2D eigenvalue weighted by Crippen LogP contribution is 2.28. The number of nitrogens with one attached hydrogen (secondary N) is 1. The quantitative estimate of drug-likeness (QED) is 0.908. The van der Waals surface area contributed by atoms with Crippen LogP contribution in [0.25, 0.3) is 10.9 Å². The Morgan fingerprint density at radius 3 is 2.55 bits per heavy atom. The van der Waals surface area contributed by atoms with Gasteiger partial charge in [0, 0.05) is 25.5 Å². The zero-order chi connectivity index (χ0) is 15.5. The van der Waals surface area contributed by atoms with Gasteiger partial charge in [-0.15, -0.1) is 0 Å². The average molecular weight is 299 g/mol. The number of fused-ring (bicyclic) bond motifs is 1. The number of hydrogen-bond donors (Lipinski definition) is 2. The number of aromatic nitrogens is 2. The zero-order valence-corrected chi connectivity index (χ0v) is 13.4. The molecular formula is C17H25N5. The highest BCUT2D eigenvalue weighted by molar-refractivity contribution is 5.90. The number of rotatable bonds is 4. The summed E-state index contributed by atoms with van der Waals surface area (Å²) < 4.78 is 0. The molecule has 118 valence electrons. The maximum atomic E-state index is 5.78. The second-order valence-corrected chi connectivity index (χ2v) is 6.38. The first-order chi connectivity index (χ1) is 10.7. The van der Waals surface area contributed by atoms with Gasteiger partial charge in [-0.05, 0) is 50.3 Å². The number of benzene rings is 1. The van der Waals surface area contributed by atoms with E-state index in [2.05, 4.69) is 16.4 Å². The summed E-state index contributed by atoms with van der Waals surface area (Å²) in [7, 11) is 3.95. The van der Waals surface area contributed by atoms with E-state index < -0.39 is 0 Å². The Kier molecular flexibility index (Phi) is 4.43. The van der Waals surface area contributed by atoms with Crippen molar-refractivity contribution in [2.75, 3.05) is 30.9 Å². The van der Waals surface area contributed by atoms with Gasteiger partial charge in [-0.25, -0.2) is 4.98 Å². The van der Waals surface area contributed by atoms with Crippen LogP contribution in [-0.2, 0) is 0 Å². The highest BCUT2D eigenvalue weighted by atomic mass is 15.2. The lowest BCUT2D eigenvalue weighted by Gasteiger charge is -2.29. The summed E-state index contributed by atoms with van der Waals surface area (Å²) >= 11 is 0. The number of nitrogens with zero attached hydrogens (tertiary/aromatic N) is 3. The molecule has 1 aliphatic carbocycles. The van der Waals surface area contributed by atoms with E-state index in [4.69, 9.17) is 10.7 Å². The van der Waals surface area contributed by atoms with Gasteiger partial charge in [0.2, 0.25) is 5.95 Å². The van der Waals surface area contributed by atoms with E-state index >= 15 is 0 Å². The second kappa shape index (κ2) is 6.48. The SMILES string of the molecule is CN(C)c1nc(NC2CCC(CN)CC2)c2ccccc2n1. The van der Waals surface area contributed by atoms with Crippen molar-refractivity contribution in [1.29, 1.82) is 0 Å². The third-order valence-electron chi connectivity index (χ3n) is 4.51. The topological polar surface area (TPSA) is 67.1 Å². The van der Waals surface area contributed by atoms with Gasteiger partial charge in [0.15, 0.2) is 0 Å². The molecule has 1 fully saturated rings. The van der Waals surface area contributed by atoms with Crippen LogP contribution in [0.3, 0.4) is 0 Å². The van der Waals surface area contributed by atoms with Crippen LogP contribution in [0, 0.1) is 5.92 Å². The Hall–Kier alpha value is -1.88. The first-order valence-electron chi connectivity index (χ1n) is 8.08. The predicted octanol–water partition coefficient (Wildman–Crippen LogP) is 2.63. The summed E-state index contributed by atoms with van der Waals surface area (Å²) in [6, 6.07) is 8.67. The predicted molar refractivity (Wildman–Crippen MR) is 92.3 cm³/mol. The minimum absolute atomic E-state index is 0.483. The van der Waals surface area contributed by atoms with Crippen molar-refractivity contribution in [3.8, 4) is 0 Å². The average Bonchev–Trinajstić information content (AvgIpc) is 2.55.